The Hall–Kier alpha value is -1.30. The number of carbonyl (C=O) groups is 1. The van der Waals surface area contributed by atoms with Crippen LogP contribution in [0.1, 0.15) is 65.5 Å². The number of carbonyl (C=O) groups excluding carboxylic acids is 1. The number of fused-ring (bicyclic) bond motifs is 1. The van der Waals surface area contributed by atoms with Crippen LogP contribution in [0, 0.1) is 5.92 Å². The van der Waals surface area contributed by atoms with Crippen molar-refractivity contribution >= 4 is 17.7 Å². The van der Waals surface area contributed by atoms with Crippen molar-refractivity contribution in [2.45, 2.75) is 83.0 Å². The molecule has 0 saturated heterocycles. The molecule has 144 valence electrons. The van der Waals surface area contributed by atoms with Crippen molar-refractivity contribution in [3.8, 4) is 0 Å². The predicted molar refractivity (Wildman–Crippen MR) is 106 cm³/mol. The molecule has 1 amide bonds. The maximum atomic E-state index is 13.2. The van der Waals surface area contributed by atoms with E-state index in [0.717, 1.165) is 30.2 Å². The Morgan fingerprint density at radius 1 is 1.31 bits per heavy atom. The summed E-state index contributed by atoms with van der Waals surface area (Å²) in [6.07, 6.45) is 5.95. The second-order valence-electron chi connectivity index (χ2n) is 8.55. The fraction of sp³-hybridized carbons (Fsp3) is 0.750. The van der Waals surface area contributed by atoms with E-state index in [1.54, 1.807) is 22.4 Å². The molecule has 3 rings (SSSR count). The molecule has 0 bridgehead atoms. The molecule has 0 aromatic carbocycles. The van der Waals surface area contributed by atoms with Crippen molar-refractivity contribution in [2.24, 2.45) is 5.92 Å². The van der Waals surface area contributed by atoms with Gasteiger partial charge in [-0.05, 0) is 19.8 Å². The monoisotopic (exact) mass is 377 g/mol. The van der Waals surface area contributed by atoms with Crippen LogP contribution >= 0.6 is 11.8 Å². The molecule has 2 aliphatic rings. The van der Waals surface area contributed by atoms with Gasteiger partial charge < -0.3 is 4.90 Å². The maximum Gasteiger partial charge on any atom is 0.254 e. The number of hydrogen-bond donors (Lipinski definition) is 0. The summed E-state index contributed by atoms with van der Waals surface area (Å²) in [6.45, 7) is 9.48. The van der Waals surface area contributed by atoms with E-state index in [1.807, 2.05) is 0 Å². The largest absolute Gasteiger partial charge is 0.340 e. The summed E-state index contributed by atoms with van der Waals surface area (Å²) < 4.78 is 1.70. The number of nitrogens with zero attached hydrogens (tertiary/aromatic N) is 3. The van der Waals surface area contributed by atoms with Gasteiger partial charge in [-0.1, -0.05) is 51.8 Å². The van der Waals surface area contributed by atoms with Crippen LogP contribution in [0.2, 0.25) is 0 Å². The van der Waals surface area contributed by atoms with Gasteiger partial charge in [0.25, 0.3) is 5.56 Å². The van der Waals surface area contributed by atoms with Gasteiger partial charge in [0.15, 0.2) is 5.16 Å². The highest BCUT2D eigenvalue weighted by Gasteiger charge is 2.33. The molecule has 1 unspecified atom stereocenters. The summed E-state index contributed by atoms with van der Waals surface area (Å²) >= 11 is 1.55. The molecule has 1 aliphatic carbocycles. The quantitative estimate of drug-likeness (QED) is 0.757. The van der Waals surface area contributed by atoms with Crippen molar-refractivity contribution in [3.05, 3.63) is 22.1 Å². The Balaban J connectivity index is 1.79. The molecule has 1 saturated carbocycles. The highest BCUT2D eigenvalue weighted by Crippen LogP contribution is 2.30. The van der Waals surface area contributed by atoms with Crippen molar-refractivity contribution < 1.29 is 4.79 Å². The Morgan fingerprint density at radius 2 is 2.00 bits per heavy atom. The summed E-state index contributed by atoms with van der Waals surface area (Å²) in [5.74, 6) is 0.793. The van der Waals surface area contributed by atoms with Crippen LogP contribution < -0.4 is 5.56 Å². The number of rotatable bonds is 3. The van der Waals surface area contributed by atoms with Crippen LogP contribution in [0.15, 0.2) is 16.0 Å². The van der Waals surface area contributed by atoms with Gasteiger partial charge in [-0.25, -0.2) is 4.98 Å². The van der Waals surface area contributed by atoms with Gasteiger partial charge in [0.2, 0.25) is 5.91 Å². The zero-order chi connectivity index (χ0) is 18.9. The molecule has 1 fully saturated rings. The van der Waals surface area contributed by atoms with Crippen molar-refractivity contribution in [3.63, 3.8) is 0 Å². The molecule has 2 heterocycles. The summed E-state index contributed by atoms with van der Waals surface area (Å²) in [5, 5.41) is 0.757. The average molecular weight is 378 g/mol. The van der Waals surface area contributed by atoms with Crippen molar-refractivity contribution in [1.29, 1.82) is 0 Å². The molecular formula is C20H31N3O2S. The van der Waals surface area contributed by atoms with E-state index >= 15 is 0 Å². The van der Waals surface area contributed by atoms with Gasteiger partial charge in [-0.15, -0.1) is 0 Å². The second kappa shape index (κ2) is 7.75. The third-order valence-electron chi connectivity index (χ3n) is 5.55. The Kier molecular flexibility index (Phi) is 5.80. The first-order valence-corrected chi connectivity index (χ1v) is 10.9. The van der Waals surface area contributed by atoms with Crippen LogP contribution in [-0.4, -0.2) is 38.7 Å². The molecule has 1 aromatic rings. The number of thioether (sulfide) groups is 1. The first-order chi connectivity index (χ1) is 12.3. The molecule has 0 N–H and O–H groups in total. The highest BCUT2D eigenvalue weighted by molar-refractivity contribution is 7.99. The Bertz CT molecular complexity index is 717. The maximum absolute atomic E-state index is 13.2. The SMILES string of the molecule is CCN(C(=O)C1CSc2nc(C(C)(C)C)cc(=O)n2C1)C1CCCCC1. The average Bonchev–Trinajstić information content (AvgIpc) is 2.62. The molecule has 5 nitrogen and oxygen atoms in total. The summed E-state index contributed by atoms with van der Waals surface area (Å²) in [4.78, 5) is 32.5. The van der Waals surface area contributed by atoms with Crippen LogP contribution in [0.4, 0.5) is 0 Å². The third-order valence-corrected chi connectivity index (χ3v) is 6.69. The van der Waals surface area contributed by atoms with Crippen LogP contribution in [0.5, 0.6) is 0 Å². The Labute approximate surface area is 160 Å². The zero-order valence-electron chi connectivity index (χ0n) is 16.5. The van der Waals surface area contributed by atoms with Crippen LogP contribution in [0.3, 0.4) is 0 Å². The van der Waals surface area contributed by atoms with Crippen molar-refractivity contribution in [2.75, 3.05) is 12.3 Å². The predicted octanol–water partition coefficient (Wildman–Crippen LogP) is 3.44. The van der Waals surface area contributed by atoms with Gasteiger partial charge >= 0.3 is 0 Å². The van der Waals surface area contributed by atoms with E-state index < -0.39 is 0 Å². The van der Waals surface area contributed by atoms with E-state index in [9.17, 15) is 9.59 Å². The zero-order valence-corrected chi connectivity index (χ0v) is 17.3. The van der Waals surface area contributed by atoms with E-state index in [-0.39, 0.29) is 22.8 Å². The normalized spacial score (nSPS) is 21.3. The minimum atomic E-state index is -0.151. The number of hydrogen-bond acceptors (Lipinski definition) is 4. The lowest BCUT2D eigenvalue weighted by molar-refractivity contribution is -0.138. The van der Waals surface area contributed by atoms with Gasteiger partial charge in [0.1, 0.15) is 0 Å². The van der Waals surface area contributed by atoms with E-state index in [4.69, 9.17) is 4.98 Å². The van der Waals surface area contributed by atoms with Gasteiger partial charge in [0.05, 0.1) is 11.6 Å². The van der Waals surface area contributed by atoms with Crippen LogP contribution in [0.25, 0.3) is 0 Å². The minimum absolute atomic E-state index is 0.0364. The summed E-state index contributed by atoms with van der Waals surface area (Å²) in [6, 6.07) is 2.01. The standard InChI is InChI=1S/C20H31N3O2S/c1-5-22(15-9-7-6-8-10-15)18(25)14-12-23-17(24)11-16(20(2,3)4)21-19(23)26-13-14/h11,14-15H,5-10,12-13H2,1-4H3. The first kappa shape index (κ1) is 19.5. The molecule has 6 heteroatoms. The molecule has 1 aromatic heterocycles. The first-order valence-electron chi connectivity index (χ1n) is 9.87. The van der Waals surface area contributed by atoms with E-state index in [1.165, 1.54) is 19.3 Å². The highest BCUT2D eigenvalue weighted by atomic mass is 32.2. The number of amides is 1. The minimum Gasteiger partial charge on any atom is -0.340 e. The number of aromatic nitrogens is 2. The molecule has 0 radical (unpaired) electrons. The summed E-state index contributed by atoms with van der Waals surface area (Å²) in [5.41, 5.74) is 0.635. The molecule has 0 spiro atoms. The lowest BCUT2D eigenvalue weighted by Gasteiger charge is -2.37. The van der Waals surface area contributed by atoms with E-state index in [0.29, 0.717) is 18.3 Å². The molecule has 26 heavy (non-hydrogen) atoms. The van der Waals surface area contributed by atoms with Crippen LogP contribution in [-0.2, 0) is 16.8 Å². The van der Waals surface area contributed by atoms with Crippen molar-refractivity contribution in [1.82, 2.24) is 14.5 Å². The van der Waals surface area contributed by atoms with E-state index in [2.05, 4.69) is 32.6 Å². The summed E-state index contributed by atoms with van der Waals surface area (Å²) in [7, 11) is 0. The Morgan fingerprint density at radius 3 is 2.62 bits per heavy atom. The van der Waals surface area contributed by atoms with Gasteiger partial charge in [0, 0.05) is 36.4 Å². The molecule has 1 aliphatic heterocycles. The third kappa shape index (κ3) is 4.00. The fourth-order valence-electron chi connectivity index (χ4n) is 3.97. The fourth-order valence-corrected chi connectivity index (χ4v) is 5.05. The smallest absolute Gasteiger partial charge is 0.254 e. The lowest BCUT2D eigenvalue weighted by Crippen LogP contribution is -2.47. The van der Waals surface area contributed by atoms with Gasteiger partial charge in [-0.3, -0.25) is 14.2 Å². The topological polar surface area (TPSA) is 55.2 Å². The second-order valence-corrected chi connectivity index (χ2v) is 9.53. The lowest BCUT2D eigenvalue weighted by atomic mass is 9.92. The van der Waals surface area contributed by atoms with Gasteiger partial charge in [-0.2, -0.15) is 0 Å². The molecular weight excluding hydrogens is 346 g/mol. The molecule has 1 atom stereocenters.